The maximum atomic E-state index is 13.3. The van der Waals surface area contributed by atoms with Gasteiger partial charge in [0.2, 0.25) is 23.7 Å². The van der Waals surface area contributed by atoms with Crippen molar-refractivity contribution in [2.75, 3.05) is 41.3 Å². The Morgan fingerprint density at radius 3 is 2.47 bits per heavy atom. The van der Waals surface area contributed by atoms with Crippen LogP contribution in [-0.2, 0) is 27.1 Å². The zero-order chi connectivity index (χ0) is 31.9. The van der Waals surface area contributed by atoms with E-state index in [0.29, 0.717) is 60.3 Å². The number of nitrogens with two attached hydrogens (primary N) is 1. The second-order valence-electron chi connectivity index (χ2n) is 11.0. The van der Waals surface area contributed by atoms with Gasteiger partial charge in [-0.1, -0.05) is 18.2 Å². The van der Waals surface area contributed by atoms with Gasteiger partial charge in [0.05, 0.1) is 5.56 Å². The molecule has 0 aliphatic carbocycles. The smallest absolute Gasteiger partial charge is 0.368 e. The summed E-state index contributed by atoms with van der Waals surface area (Å²) in [5.74, 6) is -1.36. The number of halogens is 3. The van der Waals surface area contributed by atoms with E-state index in [0.717, 1.165) is 12.1 Å². The van der Waals surface area contributed by atoms with Gasteiger partial charge in [-0.05, 0) is 47.9 Å². The number of nitrogens with zero attached hydrogens (tertiary/aromatic N) is 5. The minimum Gasteiger partial charge on any atom is -0.368 e. The van der Waals surface area contributed by atoms with Crippen LogP contribution in [0.3, 0.4) is 0 Å². The van der Waals surface area contributed by atoms with Crippen LogP contribution in [-0.4, -0.2) is 70.7 Å². The molecule has 2 atom stereocenters. The number of rotatable bonds is 7. The molecule has 0 bridgehead atoms. The number of aromatic nitrogens is 2. The van der Waals surface area contributed by atoms with Crippen molar-refractivity contribution in [2.24, 2.45) is 5.73 Å². The van der Waals surface area contributed by atoms with Gasteiger partial charge in [-0.25, -0.2) is 4.98 Å². The number of carbonyl (C=O) groups excluding carboxylic acids is 4. The standard InChI is InChI=1S/C30H29F3N8O4/c31-30(32,33)17-3-1-4-18(15-17)39-11-13-40(14-12-39)29-35-10-9-23(37-29)36-25(26(34)43)19-5-2-6-20-21(19)16-41(28(20)45)22-7-8-24(42)38-27(22)44/h1-6,9-10,15,22,25H,7-8,11-14,16H2,(H2,34,43)(H,35,36,37)(H,38,42,44). The molecule has 1 aromatic heterocycles. The van der Waals surface area contributed by atoms with Crippen LogP contribution in [0.1, 0.15) is 45.9 Å². The first-order valence-corrected chi connectivity index (χ1v) is 14.3. The van der Waals surface area contributed by atoms with Crippen molar-refractivity contribution in [1.82, 2.24) is 20.2 Å². The Balaban J connectivity index is 1.17. The van der Waals surface area contributed by atoms with Crippen molar-refractivity contribution in [2.45, 2.75) is 37.6 Å². The summed E-state index contributed by atoms with van der Waals surface area (Å²) in [6.45, 7) is 1.85. The summed E-state index contributed by atoms with van der Waals surface area (Å²) >= 11 is 0. The highest BCUT2D eigenvalue weighted by molar-refractivity contribution is 6.05. The van der Waals surface area contributed by atoms with Crippen molar-refractivity contribution in [1.29, 1.82) is 0 Å². The van der Waals surface area contributed by atoms with Gasteiger partial charge in [0.15, 0.2) is 0 Å². The lowest BCUT2D eigenvalue weighted by Gasteiger charge is -2.36. The average Bonchev–Trinajstić information content (AvgIpc) is 3.36. The Hall–Kier alpha value is -5.21. The highest BCUT2D eigenvalue weighted by Gasteiger charge is 2.41. The van der Waals surface area contributed by atoms with Crippen LogP contribution in [0.4, 0.5) is 30.6 Å². The van der Waals surface area contributed by atoms with Gasteiger partial charge in [0.1, 0.15) is 17.9 Å². The first kappa shape index (κ1) is 29.8. The van der Waals surface area contributed by atoms with Gasteiger partial charge in [-0.15, -0.1) is 0 Å². The summed E-state index contributed by atoms with van der Waals surface area (Å²) in [7, 11) is 0. The van der Waals surface area contributed by atoms with Gasteiger partial charge >= 0.3 is 6.18 Å². The number of piperazine rings is 1. The lowest BCUT2D eigenvalue weighted by atomic mass is 9.96. The number of fused-ring (bicyclic) bond motifs is 1. The number of hydrogen-bond acceptors (Lipinski definition) is 9. The number of carbonyl (C=O) groups is 4. The van der Waals surface area contributed by atoms with E-state index in [9.17, 15) is 32.3 Å². The van der Waals surface area contributed by atoms with E-state index in [1.54, 1.807) is 30.3 Å². The summed E-state index contributed by atoms with van der Waals surface area (Å²) in [5, 5.41) is 5.33. The summed E-state index contributed by atoms with van der Waals surface area (Å²) < 4.78 is 39.6. The lowest BCUT2D eigenvalue weighted by Crippen LogP contribution is -2.52. The third kappa shape index (κ3) is 5.97. The van der Waals surface area contributed by atoms with Crippen LogP contribution in [0.5, 0.6) is 0 Å². The Morgan fingerprint density at radius 1 is 1.02 bits per heavy atom. The molecule has 45 heavy (non-hydrogen) atoms. The van der Waals surface area contributed by atoms with E-state index in [2.05, 4.69) is 20.6 Å². The molecule has 3 aliphatic heterocycles. The van der Waals surface area contributed by atoms with Crippen molar-refractivity contribution in [3.63, 3.8) is 0 Å². The molecule has 2 aromatic carbocycles. The van der Waals surface area contributed by atoms with E-state index >= 15 is 0 Å². The van der Waals surface area contributed by atoms with Crippen LogP contribution < -0.4 is 26.2 Å². The largest absolute Gasteiger partial charge is 0.416 e. The van der Waals surface area contributed by atoms with E-state index in [1.807, 2.05) is 9.80 Å². The zero-order valence-corrected chi connectivity index (χ0v) is 23.9. The molecule has 4 heterocycles. The number of benzene rings is 2. The number of primary amides is 1. The first-order chi connectivity index (χ1) is 21.5. The summed E-state index contributed by atoms with van der Waals surface area (Å²) in [6, 6.07) is 9.83. The molecule has 0 radical (unpaired) electrons. The number of nitrogens with one attached hydrogen (secondary N) is 2. The average molecular weight is 623 g/mol. The number of alkyl halides is 3. The number of hydrogen-bond donors (Lipinski definition) is 3. The Labute approximate surface area is 255 Å². The minimum atomic E-state index is -4.43. The molecule has 3 aromatic rings. The molecule has 4 N–H and O–H groups in total. The maximum Gasteiger partial charge on any atom is 0.416 e. The number of anilines is 3. The van der Waals surface area contributed by atoms with Crippen molar-refractivity contribution < 1.29 is 32.3 Å². The van der Waals surface area contributed by atoms with Crippen LogP contribution in [0.15, 0.2) is 54.7 Å². The van der Waals surface area contributed by atoms with Gasteiger partial charge in [0, 0.05) is 56.6 Å². The highest BCUT2D eigenvalue weighted by Crippen LogP contribution is 2.34. The predicted molar refractivity (Wildman–Crippen MR) is 156 cm³/mol. The van der Waals surface area contributed by atoms with Crippen molar-refractivity contribution in [3.8, 4) is 0 Å². The van der Waals surface area contributed by atoms with Crippen LogP contribution in [0.25, 0.3) is 0 Å². The second kappa shape index (κ2) is 11.7. The van der Waals surface area contributed by atoms with Crippen molar-refractivity contribution in [3.05, 3.63) is 77.0 Å². The van der Waals surface area contributed by atoms with Gasteiger partial charge in [-0.3, -0.25) is 24.5 Å². The first-order valence-electron chi connectivity index (χ1n) is 14.3. The Bertz CT molecular complexity index is 1670. The van der Waals surface area contributed by atoms with E-state index < -0.39 is 35.6 Å². The molecule has 2 fully saturated rings. The molecule has 3 aliphatic rings. The SMILES string of the molecule is NC(=O)C(Nc1ccnc(N2CCN(c3cccc(C(F)(F)F)c3)CC2)n1)c1cccc2c1CN(C1CCC(=O)NC1=O)C2=O. The van der Waals surface area contributed by atoms with E-state index in [-0.39, 0.29) is 31.2 Å². The van der Waals surface area contributed by atoms with Gasteiger partial charge < -0.3 is 25.8 Å². The minimum absolute atomic E-state index is 0.0628. The summed E-state index contributed by atoms with van der Waals surface area (Å²) in [5.41, 5.74) is 6.94. The number of imide groups is 1. The topological polar surface area (TPSA) is 154 Å². The molecule has 4 amide bonds. The van der Waals surface area contributed by atoms with Crippen LogP contribution in [0.2, 0.25) is 0 Å². The third-order valence-corrected chi connectivity index (χ3v) is 8.25. The van der Waals surface area contributed by atoms with Crippen molar-refractivity contribution >= 4 is 41.1 Å². The second-order valence-corrected chi connectivity index (χ2v) is 11.0. The molecule has 2 unspecified atom stereocenters. The maximum absolute atomic E-state index is 13.3. The van der Waals surface area contributed by atoms with Gasteiger partial charge in [-0.2, -0.15) is 18.2 Å². The molecule has 234 valence electrons. The molecule has 12 nitrogen and oxygen atoms in total. The Kier molecular flexibility index (Phi) is 7.76. The zero-order valence-electron chi connectivity index (χ0n) is 23.9. The fourth-order valence-electron chi connectivity index (χ4n) is 5.95. The molecule has 2 saturated heterocycles. The Morgan fingerprint density at radius 2 is 1.76 bits per heavy atom. The predicted octanol–water partition coefficient (Wildman–Crippen LogP) is 2.22. The molecule has 15 heteroatoms. The molecule has 0 saturated carbocycles. The van der Waals surface area contributed by atoms with E-state index in [4.69, 9.17) is 5.73 Å². The van der Waals surface area contributed by atoms with E-state index in [1.165, 1.54) is 17.2 Å². The fourth-order valence-corrected chi connectivity index (χ4v) is 5.95. The quantitative estimate of drug-likeness (QED) is 0.337. The third-order valence-electron chi connectivity index (χ3n) is 8.25. The monoisotopic (exact) mass is 622 g/mol. The number of amides is 4. The highest BCUT2D eigenvalue weighted by atomic mass is 19.4. The lowest BCUT2D eigenvalue weighted by molar-refractivity contribution is -0.138. The summed E-state index contributed by atoms with van der Waals surface area (Å²) in [4.78, 5) is 64.2. The van der Waals surface area contributed by atoms with Gasteiger partial charge in [0.25, 0.3) is 5.91 Å². The molecular formula is C30H29F3N8O4. The molecule has 6 rings (SSSR count). The number of piperidine rings is 1. The van der Waals surface area contributed by atoms with Crippen LogP contribution >= 0.6 is 0 Å². The molecule has 0 spiro atoms. The molecular weight excluding hydrogens is 593 g/mol. The van der Waals surface area contributed by atoms with Crippen LogP contribution in [0, 0.1) is 0 Å². The summed E-state index contributed by atoms with van der Waals surface area (Å²) in [6.07, 6.45) is -2.59. The normalized spacial score (nSPS) is 19.3. The fraction of sp³-hybridized carbons (Fsp3) is 0.333.